The third-order valence-electron chi connectivity index (χ3n) is 5.47. The first kappa shape index (κ1) is 23.0. The molecule has 1 aromatic heterocycles. The van der Waals surface area contributed by atoms with Crippen molar-refractivity contribution in [2.24, 2.45) is 0 Å². The first-order valence-corrected chi connectivity index (χ1v) is 12.1. The molecule has 1 fully saturated rings. The molecule has 0 aliphatic carbocycles. The molecule has 0 radical (unpaired) electrons. The highest BCUT2D eigenvalue weighted by molar-refractivity contribution is 7.92. The van der Waals surface area contributed by atoms with Gasteiger partial charge < -0.3 is 4.90 Å². The monoisotopic (exact) mass is 476 g/mol. The third-order valence-corrected chi connectivity index (χ3v) is 6.91. The lowest BCUT2D eigenvalue weighted by Gasteiger charge is -2.20. The second kappa shape index (κ2) is 9.38. The van der Waals surface area contributed by atoms with Crippen LogP contribution in [0.3, 0.4) is 0 Å². The lowest BCUT2D eigenvalue weighted by molar-refractivity contribution is -0.139. The second-order valence-electron chi connectivity index (χ2n) is 7.86. The average molecular weight is 477 g/mol. The van der Waals surface area contributed by atoms with E-state index < -0.39 is 26.7 Å². The van der Waals surface area contributed by atoms with Gasteiger partial charge in [-0.1, -0.05) is 37.1 Å². The van der Waals surface area contributed by atoms with E-state index in [1.165, 1.54) is 31.0 Å². The van der Waals surface area contributed by atoms with Gasteiger partial charge in [-0.3, -0.25) is 4.72 Å². The van der Waals surface area contributed by atoms with Gasteiger partial charge in [-0.25, -0.2) is 8.42 Å². The molecule has 0 unspecified atom stereocenters. The normalized spacial score (nSPS) is 15.2. The maximum atomic E-state index is 13.3. The number of nitrogens with one attached hydrogen (secondary N) is 1. The molecular weight excluding hydrogens is 453 g/mol. The summed E-state index contributed by atoms with van der Waals surface area (Å²) in [6.07, 6.45) is -0.152. The van der Waals surface area contributed by atoms with Crippen LogP contribution in [0.5, 0.6) is 0 Å². The van der Waals surface area contributed by atoms with Crippen molar-refractivity contribution in [3.05, 3.63) is 66.2 Å². The van der Waals surface area contributed by atoms with E-state index in [1.807, 2.05) is 6.07 Å². The third kappa shape index (κ3) is 5.44. The zero-order chi connectivity index (χ0) is 23.5. The van der Waals surface area contributed by atoms with Crippen LogP contribution in [-0.2, 0) is 16.2 Å². The van der Waals surface area contributed by atoms with Crippen LogP contribution in [-0.4, -0.2) is 31.7 Å². The molecule has 0 amide bonds. The number of alkyl halides is 3. The van der Waals surface area contributed by atoms with Crippen LogP contribution in [0.1, 0.15) is 31.2 Å². The minimum Gasteiger partial charge on any atom is -0.355 e. The Morgan fingerprint density at radius 3 is 2.24 bits per heavy atom. The van der Waals surface area contributed by atoms with E-state index in [0.29, 0.717) is 11.3 Å². The summed E-state index contributed by atoms with van der Waals surface area (Å²) >= 11 is 0. The molecule has 1 N–H and O–H groups in total. The van der Waals surface area contributed by atoms with Gasteiger partial charge in [0.25, 0.3) is 10.0 Å². The fourth-order valence-electron chi connectivity index (χ4n) is 3.83. The number of sulfonamides is 1. The van der Waals surface area contributed by atoms with Gasteiger partial charge in [0.15, 0.2) is 5.82 Å². The minimum absolute atomic E-state index is 0.128. The summed E-state index contributed by atoms with van der Waals surface area (Å²) < 4.78 is 67.5. The van der Waals surface area contributed by atoms with Gasteiger partial charge in [0, 0.05) is 24.3 Å². The van der Waals surface area contributed by atoms with Crippen LogP contribution in [0.15, 0.2) is 65.6 Å². The molecule has 1 aliphatic heterocycles. The Bertz CT molecular complexity index is 1210. The van der Waals surface area contributed by atoms with Crippen LogP contribution in [0.25, 0.3) is 11.3 Å². The summed E-state index contributed by atoms with van der Waals surface area (Å²) in [6, 6.07) is 14.1. The van der Waals surface area contributed by atoms with Crippen molar-refractivity contribution < 1.29 is 21.6 Å². The summed E-state index contributed by atoms with van der Waals surface area (Å²) in [5.41, 5.74) is 0.0334. The molecule has 4 rings (SSSR count). The molecule has 6 nitrogen and oxygen atoms in total. The lowest BCUT2D eigenvalue weighted by Crippen LogP contribution is -2.25. The highest BCUT2D eigenvalue weighted by Crippen LogP contribution is 2.35. The molecule has 2 aromatic carbocycles. The largest absolute Gasteiger partial charge is 0.417 e. The lowest BCUT2D eigenvalue weighted by atomic mass is 10.1. The zero-order valence-corrected chi connectivity index (χ0v) is 18.5. The van der Waals surface area contributed by atoms with Gasteiger partial charge in [0.1, 0.15) is 0 Å². The number of anilines is 2. The maximum Gasteiger partial charge on any atom is 0.417 e. The van der Waals surface area contributed by atoms with Crippen LogP contribution in [0, 0.1) is 0 Å². The van der Waals surface area contributed by atoms with E-state index in [9.17, 15) is 21.6 Å². The van der Waals surface area contributed by atoms with Crippen molar-refractivity contribution in [3.8, 4) is 11.3 Å². The smallest absolute Gasteiger partial charge is 0.355 e. The van der Waals surface area contributed by atoms with Crippen molar-refractivity contribution >= 4 is 21.5 Å². The predicted molar refractivity (Wildman–Crippen MR) is 120 cm³/mol. The molecular formula is C23H23F3N4O2S. The molecule has 2 heterocycles. The summed E-state index contributed by atoms with van der Waals surface area (Å²) in [4.78, 5) is 1.37. The van der Waals surface area contributed by atoms with Gasteiger partial charge in [-0.05, 0) is 49.2 Å². The van der Waals surface area contributed by atoms with E-state index >= 15 is 0 Å². The highest BCUT2D eigenvalue weighted by Gasteiger charge is 2.36. The Morgan fingerprint density at radius 1 is 0.848 bits per heavy atom. The van der Waals surface area contributed by atoms with E-state index in [2.05, 4.69) is 19.8 Å². The molecule has 0 bridgehead atoms. The topological polar surface area (TPSA) is 75.2 Å². The molecule has 0 saturated carbocycles. The molecule has 0 spiro atoms. The van der Waals surface area contributed by atoms with Gasteiger partial charge in [-0.2, -0.15) is 13.2 Å². The average Bonchev–Trinajstić information content (AvgIpc) is 3.08. The Hall–Kier alpha value is -3.14. The van der Waals surface area contributed by atoms with Gasteiger partial charge in [0.05, 0.1) is 16.2 Å². The molecule has 0 atom stereocenters. The van der Waals surface area contributed by atoms with Crippen molar-refractivity contribution in [1.82, 2.24) is 10.2 Å². The number of halogens is 3. The molecule has 3 aromatic rings. The van der Waals surface area contributed by atoms with Gasteiger partial charge in [-0.15, -0.1) is 10.2 Å². The van der Waals surface area contributed by atoms with Gasteiger partial charge in [0.2, 0.25) is 0 Å². The SMILES string of the molecule is O=S(=O)(Nc1cccc(-c2ccc(N3CCCCCC3)nn2)c1)c1ccccc1C(F)(F)F. The van der Waals surface area contributed by atoms with E-state index in [0.717, 1.165) is 49.9 Å². The summed E-state index contributed by atoms with van der Waals surface area (Å²) in [5, 5.41) is 8.60. The molecule has 10 heteroatoms. The summed E-state index contributed by atoms with van der Waals surface area (Å²) in [6.45, 7) is 1.87. The number of benzene rings is 2. The van der Waals surface area contributed by atoms with E-state index in [-0.39, 0.29) is 5.69 Å². The molecule has 1 aliphatic rings. The number of hydrogen-bond acceptors (Lipinski definition) is 5. The number of nitrogens with zero attached hydrogens (tertiary/aromatic N) is 3. The molecule has 33 heavy (non-hydrogen) atoms. The fourth-order valence-corrected chi connectivity index (χ4v) is 5.11. The number of aromatic nitrogens is 2. The van der Waals surface area contributed by atoms with Crippen molar-refractivity contribution in [2.75, 3.05) is 22.7 Å². The van der Waals surface area contributed by atoms with Crippen molar-refractivity contribution in [1.29, 1.82) is 0 Å². The Labute approximate surface area is 190 Å². The Kier molecular flexibility index (Phi) is 6.55. The van der Waals surface area contributed by atoms with Crippen molar-refractivity contribution in [2.45, 2.75) is 36.8 Å². The van der Waals surface area contributed by atoms with Crippen LogP contribution < -0.4 is 9.62 Å². The molecule has 174 valence electrons. The standard InChI is InChI=1S/C23H23F3N4O2S/c24-23(25,26)19-10-3-4-11-21(19)33(31,32)29-18-9-7-8-17(16-18)20-12-13-22(28-27-20)30-14-5-1-2-6-15-30/h3-4,7-13,16,29H,1-2,5-6,14-15H2. The van der Waals surface area contributed by atoms with Gasteiger partial charge >= 0.3 is 6.18 Å². The minimum atomic E-state index is -4.79. The Balaban J connectivity index is 1.56. The maximum absolute atomic E-state index is 13.3. The van der Waals surface area contributed by atoms with E-state index in [4.69, 9.17) is 0 Å². The first-order valence-electron chi connectivity index (χ1n) is 10.6. The molecule has 1 saturated heterocycles. The van der Waals surface area contributed by atoms with E-state index in [1.54, 1.807) is 18.2 Å². The highest BCUT2D eigenvalue weighted by atomic mass is 32.2. The van der Waals surface area contributed by atoms with Crippen LogP contribution >= 0.6 is 0 Å². The first-order chi connectivity index (χ1) is 15.7. The predicted octanol–water partition coefficient (Wildman–Crippen LogP) is 5.34. The zero-order valence-electron chi connectivity index (χ0n) is 17.7. The number of hydrogen-bond donors (Lipinski definition) is 1. The van der Waals surface area contributed by atoms with Crippen LogP contribution in [0.4, 0.5) is 24.7 Å². The van der Waals surface area contributed by atoms with Crippen molar-refractivity contribution in [3.63, 3.8) is 0 Å². The quantitative estimate of drug-likeness (QED) is 0.538. The second-order valence-corrected chi connectivity index (χ2v) is 9.51. The summed E-state index contributed by atoms with van der Waals surface area (Å²) in [7, 11) is -4.46. The summed E-state index contributed by atoms with van der Waals surface area (Å²) in [5.74, 6) is 0.793. The number of rotatable bonds is 5. The fraction of sp³-hybridized carbons (Fsp3) is 0.304. The van der Waals surface area contributed by atoms with Crippen LogP contribution in [0.2, 0.25) is 0 Å². The Morgan fingerprint density at radius 2 is 1.58 bits per heavy atom.